The molecule has 0 aliphatic heterocycles. The van der Waals surface area contributed by atoms with E-state index in [0.717, 1.165) is 12.8 Å². The first-order chi connectivity index (χ1) is 13.9. The molecule has 1 aromatic carbocycles. The van der Waals surface area contributed by atoms with Crippen molar-refractivity contribution in [1.82, 2.24) is 19.1 Å². The number of halogens is 1. The number of unbranched alkanes of at least 4 members (excludes halogenated alkanes) is 1. The van der Waals surface area contributed by atoms with E-state index in [2.05, 4.69) is 22.2 Å². The predicted octanol–water partition coefficient (Wildman–Crippen LogP) is 1.73. The average molecular weight is 422 g/mol. The molecule has 0 amide bonds. The number of aryl methyl sites for hydroxylation is 1. The van der Waals surface area contributed by atoms with Gasteiger partial charge in [0.25, 0.3) is 5.56 Å². The van der Waals surface area contributed by atoms with Gasteiger partial charge in [0.15, 0.2) is 11.2 Å². The third-order valence-electron chi connectivity index (χ3n) is 4.47. The van der Waals surface area contributed by atoms with Gasteiger partial charge in [0, 0.05) is 18.6 Å². The largest absolute Gasteiger partial charge is 0.491 e. The van der Waals surface area contributed by atoms with Gasteiger partial charge in [0.1, 0.15) is 18.5 Å². The monoisotopic (exact) mass is 421 g/mol. The number of anilines is 1. The van der Waals surface area contributed by atoms with Crippen molar-refractivity contribution in [2.24, 2.45) is 7.05 Å². The van der Waals surface area contributed by atoms with Gasteiger partial charge in [-0.25, -0.2) is 4.79 Å². The van der Waals surface area contributed by atoms with Gasteiger partial charge in [-0.2, -0.15) is 4.98 Å². The SMILES string of the molecule is CCCCNc1nc2c(c(=O)[nH]c(=O)n2C)n1CC(O)COc1ccc(Cl)cc1. The van der Waals surface area contributed by atoms with Crippen molar-refractivity contribution >= 4 is 28.7 Å². The van der Waals surface area contributed by atoms with Crippen LogP contribution in [-0.4, -0.2) is 43.5 Å². The number of aliphatic hydroxyl groups excluding tert-OH is 1. The third kappa shape index (κ3) is 4.80. The average Bonchev–Trinajstić information content (AvgIpc) is 3.05. The molecule has 0 saturated carbocycles. The highest BCUT2D eigenvalue weighted by molar-refractivity contribution is 6.30. The van der Waals surface area contributed by atoms with E-state index < -0.39 is 17.4 Å². The Labute approximate surface area is 171 Å². The number of benzene rings is 1. The molecule has 1 atom stereocenters. The van der Waals surface area contributed by atoms with Crippen LogP contribution in [0.2, 0.25) is 5.02 Å². The summed E-state index contributed by atoms with van der Waals surface area (Å²) < 4.78 is 8.45. The Kier molecular flexibility index (Phi) is 6.60. The number of aromatic amines is 1. The Morgan fingerprint density at radius 2 is 2.03 bits per heavy atom. The van der Waals surface area contributed by atoms with Crippen LogP contribution in [0.3, 0.4) is 0 Å². The molecule has 0 spiro atoms. The molecule has 0 aliphatic carbocycles. The van der Waals surface area contributed by atoms with Crippen LogP contribution >= 0.6 is 11.6 Å². The number of aromatic nitrogens is 4. The van der Waals surface area contributed by atoms with Gasteiger partial charge in [-0.05, 0) is 30.7 Å². The van der Waals surface area contributed by atoms with Gasteiger partial charge in [-0.15, -0.1) is 0 Å². The summed E-state index contributed by atoms with van der Waals surface area (Å²) in [7, 11) is 1.54. The van der Waals surface area contributed by atoms with E-state index in [4.69, 9.17) is 16.3 Å². The summed E-state index contributed by atoms with van der Waals surface area (Å²) in [6, 6.07) is 6.81. The highest BCUT2D eigenvalue weighted by Gasteiger charge is 2.19. The second-order valence-corrected chi connectivity index (χ2v) is 7.17. The summed E-state index contributed by atoms with van der Waals surface area (Å²) in [5.74, 6) is 0.996. The number of imidazole rings is 1. The van der Waals surface area contributed by atoms with Crippen LogP contribution in [-0.2, 0) is 13.6 Å². The number of fused-ring (bicyclic) bond motifs is 1. The Morgan fingerprint density at radius 3 is 2.72 bits per heavy atom. The molecule has 0 fully saturated rings. The van der Waals surface area contributed by atoms with E-state index in [9.17, 15) is 14.7 Å². The van der Waals surface area contributed by atoms with E-state index >= 15 is 0 Å². The Morgan fingerprint density at radius 1 is 1.31 bits per heavy atom. The molecule has 2 heterocycles. The number of ether oxygens (including phenoxy) is 1. The van der Waals surface area contributed by atoms with Crippen molar-refractivity contribution < 1.29 is 9.84 Å². The number of nitrogens with one attached hydrogen (secondary N) is 2. The van der Waals surface area contributed by atoms with Crippen molar-refractivity contribution in [3.63, 3.8) is 0 Å². The normalized spacial score (nSPS) is 12.3. The highest BCUT2D eigenvalue weighted by Crippen LogP contribution is 2.18. The zero-order valence-electron chi connectivity index (χ0n) is 16.3. The molecular formula is C19H24ClN5O4. The lowest BCUT2D eigenvalue weighted by atomic mass is 10.3. The molecule has 3 aromatic rings. The summed E-state index contributed by atoms with van der Waals surface area (Å²) in [5, 5.41) is 14.3. The van der Waals surface area contributed by atoms with Crippen LogP contribution in [0, 0.1) is 0 Å². The van der Waals surface area contributed by atoms with E-state index in [0.29, 0.717) is 23.3 Å². The van der Waals surface area contributed by atoms with Crippen molar-refractivity contribution in [3.8, 4) is 5.75 Å². The fraction of sp³-hybridized carbons (Fsp3) is 0.421. The molecule has 29 heavy (non-hydrogen) atoms. The van der Waals surface area contributed by atoms with Crippen molar-refractivity contribution in [3.05, 3.63) is 50.1 Å². The molecule has 0 saturated heterocycles. The fourth-order valence-electron chi connectivity index (χ4n) is 2.91. The van der Waals surface area contributed by atoms with Crippen molar-refractivity contribution in [2.45, 2.75) is 32.4 Å². The van der Waals surface area contributed by atoms with Crippen LogP contribution in [0.25, 0.3) is 11.2 Å². The molecule has 3 N–H and O–H groups in total. The lowest BCUT2D eigenvalue weighted by Gasteiger charge is -2.16. The topological polar surface area (TPSA) is 114 Å². The van der Waals surface area contributed by atoms with Crippen molar-refractivity contribution in [1.29, 1.82) is 0 Å². The molecule has 0 bridgehead atoms. The number of hydrogen-bond donors (Lipinski definition) is 3. The summed E-state index contributed by atoms with van der Waals surface area (Å²) in [6.45, 7) is 2.80. The van der Waals surface area contributed by atoms with E-state index in [1.165, 1.54) is 11.6 Å². The molecular weight excluding hydrogens is 398 g/mol. The number of H-pyrrole nitrogens is 1. The molecule has 10 heteroatoms. The number of aliphatic hydroxyl groups is 1. The van der Waals surface area contributed by atoms with Crippen LogP contribution in [0.5, 0.6) is 5.75 Å². The van der Waals surface area contributed by atoms with E-state index in [1.807, 2.05) is 0 Å². The molecule has 0 aliphatic rings. The Bertz CT molecular complexity index is 1090. The smallest absolute Gasteiger partial charge is 0.329 e. The predicted molar refractivity (Wildman–Crippen MR) is 112 cm³/mol. The third-order valence-corrected chi connectivity index (χ3v) is 4.72. The van der Waals surface area contributed by atoms with E-state index in [1.54, 1.807) is 28.8 Å². The van der Waals surface area contributed by atoms with Crippen LogP contribution in [0.4, 0.5) is 5.95 Å². The maximum absolute atomic E-state index is 12.4. The van der Waals surface area contributed by atoms with Crippen LogP contribution < -0.4 is 21.3 Å². The van der Waals surface area contributed by atoms with Gasteiger partial charge < -0.3 is 19.7 Å². The van der Waals surface area contributed by atoms with Crippen LogP contribution in [0.15, 0.2) is 33.9 Å². The zero-order valence-corrected chi connectivity index (χ0v) is 17.1. The van der Waals surface area contributed by atoms with Gasteiger partial charge in [0.2, 0.25) is 5.95 Å². The second kappa shape index (κ2) is 9.15. The maximum atomic E-state index is 12.4. The first-order valence-corrected chi connectivity index (χ1v) is 9.78. The lowest BCUT2D eigenvalue weighted by molar-refractivity contribution is 0.0938. The number of rotatable bonds is 9. The molecule has 156 valence electrons. The van der Waals surface area contributed by atoms with Gasteiger partial charge >= 0.3 is 5.69 Å². The van der Waals surface area contributed by atoms with Gasteiger partial charge in [0.05, 0.1) is 6.54 Å². The molecule has 9 nitrogen and oxygen atoms in total. The van der Waals surface area contributed by atoms with Crippen molar-refractivity contribution in [2.75, 3.05) is 18.5 Å². The van der Waals surface area contributed by atoms with Gasteiger partial charge in [-0.1, -0.05) is 24.9 Å². The zero-order chi connectivity index (χ0) is 21.0. The highest BCUT2D eigenvalue weighted by atomic mass is 35.5. The summed E-state index contributed by atoms with van der Waals surface area (Å²) >= 11 is 5.85. The standard InChI is InChI=1S/C19H24ClN5O4/c1-3-4-9-21-18-22-16-15(17(27)23-19(28)24(16)2)25(18)10-13(26)11-29-14-7-5-12(20)6-8-14/h5-8,13,26H,3-4,9-11H2,1-2H3,(H,21,22)(H,23,27,28). The number of nitrogens with zero attached hydrogens (tertiary/aromatic N) is 3. The number of hydrogen-bond acceptors (Lipinski definition) is 6. The lowest BCUT2D eigenvalue weighted by Crippen LogP contribution is -2.31. The second-order valence-electron chi connectivity index (χ2n) is 6.74. The molecule has 3 rings (SSSR count). The fourth-order valence-corrected chi connectivity index (χ4v) is 3.04. The summed E-state index contributed by atoms with van der Waals surface area (Å²) in [4.78, 5) is 31.0. The Hall–Kier alpha value is -2.78. The minimum absolute atomic E-state index is 0.0133. The minimum Gasteiger partial charge on any atom is -0.491 e. The molecule has 0 radical (unpaired) electrons. The van der Waals surface area contributed by atoms with E-state index in [-0.39, 0.29) is 24.3 Å². The minimum atomic E-state index is -0.911. The first-order valence-electron chi connectivity index (χ1n) is 9.40. The van der Waals surface area contributed by atoms with Gasteiger partial charge in [-0.3, -0.25) is 14.3 Å². The summed E-state index contributed by atoms with van der Waals surface area (Å²) in [6.07, 6.45) is 0.997. The Balaban J connectivity index is 1.86. The van der Waals surface area contributed by atoms with Crippen LogP contribution in [0.1, 0.15) is 19.8 Å². The summed E-state index contributed by atoms with van der Waals surface area (Å²) in [5.41, 5.74) is -0.621. The maximum Gasteiger partial charge on any atom is 0.329 e. The quantitative estimate of drug-likeness (QED) is 0.453. The molecule has 2 aromatic heterocycles. The molecule has 1 unspecified atom stereocenters. The first kappa shape index (κ1) is 20.9.